The fourth-order valence-electron chi connectivity index (χ4n) is 0.804. The lowest BCUT2D eigenvalue weighted by Crippen LogP contribution is -2.27. The Kier molecular flexibility index (Phi) is 1.88. The molecule has 1 amide bonds. The lowest BCUT2D eigenvalue weighted by Gasteiger charge is -2.20. The maximum absolute atomic E-state index is 10.7. The van der Waals surface area contributed by atoms with Gasteiger partial charge in [0.05, 0.1) is 6.54 Å². The number of hydrogen-bond acceptors (Lipinski definition) is 1. The minimum absolute atomic E-state index is 0.124. The number of carbonyl (C=O) groups is 1. The normalized spacial score (nSPS) is 18.1. The van der Waals surface area contributed by atoms with Gasteiger partial charge < -0.3 is 4.90 Å². The van der Waals surface area contributed by atoms with Crippen molar-refractivity contribution in [3.8, 4) is 0 Å². The third-order valence-corrected chi connectivity index (χ3v) is 1.34. The molecule has 0 bridgehead atoms. The molecule has 0 saturated carbocycles. The van der Waals surface area contributed by atoms with Gasteiger partial charge in [0.15, 0.2) is 0 Å². The summed E-state index contributed by atoms with van der Waals surface area (Å²) in [4.78, 5) is 12.4. The van der Waals surface area contributed by atoms with Crippen molar-refractivity contribution in [3.05, 3.63) is 18.7 Å². The Morgan fingerprint density at radius 3 is 2.67 bits per heavy atom. The maximum atomic E-state index is 10.7. The minimum Gasteiger partial charge on any atom is -0.334 e. The van der Waals surface area contributed by atoms with Gasteiger partial charge in [-0.3, -0.25) is 4.79 Å². The predicted molar refractivity (Wildman–Crippen MR) is 35.4 cm³/mol. The molecule has 2 heteroatoms. The molecule has 0 unspecified atom stereocenters. The minimum atomic E-state index is 0.124. The monoisotopic (exact) mass is 124 g/mol. The van der Waals surface area contributed by atoms with Crippen LogP contribution in [0.15, 0.2) is 12.2 Å². The molecule has 0 aromatic heterocycles. The summed E-state index contributed by atoms with van der Waals surface area (Å²) in [6.07, 6.45) is 4.94. The second-order valence-corrected chi connectivity index (χ2v) is 2.06. The Hall–Kier alpha value is -0.790. The average Bonchev–Trinajstić information content (AvgIpc) is 1.90. The van der Waals surface area contributed by atoms with E-state index >= 15 is 0 Å². The van der Waals surface area contributed by atoms with Crippen LogP contribution in [-0.2, 0) is 4.79 Å². The van der Waals surface area contributed by atoms with Crippen LogP contribution in [-0.4, -0.2) is 17.4 Å². The van der Waals surface area contributed by atoms with Crippen LogP contribution in [0.2, 0.25) is 0 Å². The summed E-state index contributed by atoms with van der Waals surface area (Å²) in [5, 5.41) is 0. The maximum Gasteiger partial charge on any atom is 0.220 e. The first-order valence-electron chi connectivity index (χ1n) is 3.06. The average molecular weight is 124 g/mol. The van der Waals surface area contributed by atoms with Crippen molar-refractivity contribution in [1.29, 1.82) is 0 Å². The second-order valence-electron chi connectivity index (χ2n) is 2.06. The molecule has 9 heavy (non-hydrogen) atoms. The van der Waals surface area contributed by atoms with Gasteiger partial charge in [0, 0.05) is 13.5 Å². The zero-order chi connectivity index (χ0) is 6.69. The summed E-state index contributed by atoms with van der Waals surface area (Å²) < 4.78 is 0. The molecule has 1 rings (SSSR count). The lowest BCUT2D eigenvalue weighted by atomic mass is 10.2. The van der Waals surface area contributed by atoms with Gasteiger partial charge in [-0.15, -0.1) is 0 Å². The summed E-state index contributed by atoms with van der Waals surface area (Å²) in [5.74, 6) is 0.124. The van der Waals surface area contributed by atoms with Crippen LogP contribution in [0.3, 0.4) is 0 Å². The SMILES string of the molecule is CC(=O)N1[CH]CC=CC1. The molecule has 0 atom stereocenters. The van der Waals surface area contributed by atoms with E-state index in [9.17, 15) is 4.79 Å². The molecule has 0 aromatic carbocycles. The molecule has 1 aliphatic rings. The Balaban J connectivity index is 2.44. The van der Waals surface area contributed by atoms with Crippen molar-refractivity contribution >= 4 is 5.91 Å². The summed E-state index contributed by atoms with van der Waals surface area (Å²) in [6.45, 7) is 4.23. The van der Waals surface area contributed by atoms with E-state index in [0.717, 1.165) is 13.0 Å². The Bertz CT molecular complexity index is 140. The summed E-state index contributed by atoms with van der Waals surface area (Å²) in [5.41, 5.74) is 0. The Labute approximate surface area is 55.2 Å². The molecular formula is C7H10NO. The van der Waals surface area contributed by atoms with E-state index in [1.54, 1.807) is 11.8 Å². The van der Waals surface area contributed by atoms with E-state index < -0.39 is 0 Å². The van der Waals surface area contributed by atoms with Gasteiger partial charge in [0.25, 0.3) is 0 Å². The van der Waals surface area contributed by atoms with Crippen LogP contribution < -0.4 is 0 Å². The Morgan fingerprint density at radius 2 is 2.33 bits per heavy atom. The molecule has 0 N–H and O–H groups in total. The molecule has 0 aliphatic carbocycles. The van der Waals surface area contributed by atoms with Crippen LogP contribution in [0.1, 0.15) is 13.3 Å². The summed E-state index contributed by atoms with van der Waals surface area (Å²) >= 11 is 0. The number of rotatable bonds is 0. The number of carbonyl (C=O) groups excluding carboxylic acids is 1. The lowest BCUT2D eigenvalue weighted by molar-refractivity contribution is -0.126. The molecule has 1 aliphatic heterocycles. The van der Waals surface area contributed by atoms with Crippen LogP contribution in [0.5, 0.6) is 0 Å². The van der Waals surface area contributed by atoms with E-state index in [-0.39, 0.29) is 5.91 Å². The van der Waals surface area contributed by atoms with E-state index in [0.29, 0.717) is 0 Å². The van der Waals surface area contributed by atoms with Gasteiger partial charge >= 0.3 is 0 Å². The predicted octanol–water partition coefficient (Wildman–Crippen LogP) is 0.957. The van der Waals surface area contributed by atoms with Crippen molar-refractivity contribution in [2.45, 2.75) is 13.3 Å². The highest BCUT2D eigenvalue weighted by Gasteiger charge is 2.07. The molecule has 1 heterocycles. The molecule has 0 aromatic rings. The van der Waals surface area contributed by atoms with Crippen LogP contribution in [0, 0.1) is 6.54 Å². The van der Waals surface area contributed by atoms with Crippen LogP contribution in [0.25, 0.3) is 0 Å². The number of hydrogen-bond donors (Lipinski definition) is 0. The van der Waals surface area contributed by atoms with Crippen LogP contribution in [0.4, 0.5) is 0 Å². The van der Waals surface area contributed by atoms with Gasteiger partial charge in [-0.25, -0.2) is 0 Å². The number of nitrogens with zero attached hydrogens (tertiary/aromatic N) is 1. The highest BCUT2D eigenvalue weighted by atomic mass is 16.2. The fraction of sp³-hybridized carbons (Fsp3) is 0.429. The van der Waals surface area contributed by atoms with Gasteiger partial charge in [0.1, 0.15) is 0 Å². The molecular weight excluding hydrogens is 114 g/mol. The first kappa shape index (κ1) is 6.33. The topological polar surface area (TPSA) is 20.3 Å². The molecule has 0 saturated heterocycles. The first-order valence-corrected chi connectivity index (χ1v) is 3.06. The van der Waals surface area contributed by atoms with Crippen molar-refractivity contribution in [1.82, 2.24) is 4.90 Å². The largest absolute Gasteiger partial charge is 0.334 e. The third-order valence-electron chi connectivity index (χ3n) is 1.34. The highest BCUT2D eigenvalue weighted by Crippen LogP contribution is 2.04. The van der Waals surface area contributed by atoms with E-state index in [2.05, 4.69) is 6.08 Å². The van der Waals surface area contributed by atoms with Crippen LogP contribution >= 0.6 is 0 Å². The first-order chi connectivity index (χ1) is 4.30. The van der Waals surface area contributed by atoms with Crippen molar-refractivity contribution in [2.75, 3.05) is 6.54 Å². The van der Waals surface area contributed by atoms with E-state index in [1.165, 1.54) is 0 Å². The second kappa shape index (κ2) is 2.67. The number of amides is 1. The molecule has 0 spiro atoms. The molecule has 2 nitrogen and oxygen atoms in total. The quantitative estimate of drug-likeness (QED) is 0.440. The molecule has 1 radical (unpaired) electrons. The fourth-order valence-corrected chi connectivity index (χ4v) is 0.804. The van der Waals surface area contributed by atoms with Crippen molar-refractivity contribution in [2.24, 2.45) is 0 Å². The summed E-state index contributed by atoms with van der Waals surface area (Å²) in [7, 11) is 0. The smallest absolute Gasteiger partial charge is 0.220 e. The zero-order valence-corrected chi connectivity index (χ0v) is 5.50. The van der Waals surface area contributed by atoms with E-state index in [1.807, 2.05) is 12.6 Å². The van der Waals surface area contributed by atoms with Gasteiger partial charge in [-0.2, -0.15) is 0 Å². The van der Waals surface area contributed by atoms with Gasteiger partial charge in [-0.05, 0) is 6.42 Å². The zero-order valence-electron chi connectivity index (χ0n) is 5.50. The van der Waals surface area contributed by atoms with Gasteiger partial charge in [0.2, 0.25) is 5.91 Å². The van der Waals surface area contributed by atoms with Crippen molar-refractivity contribution < 1.29 is 4.79 Å². The highest BCUT2D eigenvalue weighted by molar-refractivity contribution is 5.74. The Morgan fingerprint density at radius 1 is 1.56 bits per heavy atom. The van der Waals surface area contributed by atoms with Crippen molar-refractivity contribution in [3.63, 3.8) is 0 Å². The van der Waals surface area contributed by atoms with E-state index in [4.69, 9.17) is 0 Å². The van der Waals surface area contributed by atoms with Gasteiger partial charge in [-0.1, -0.05) is 12.2 Å². The third kappa shape index (κ3) is 1.56. The molecule has 49 valence electrons. The summed E-state index contributed by atoms with van der Waals surface area (Å²) in [6, 6.07) is 0. The standard InChI is InChI=1S/C7H10NO/c1-7(9)8-5-3-2-4-6-8/h2-3,6H,4-5H2,1H3. The molecule has 0 fully saturated rings.